The highest BCUT2D eigenvalue weighted by Gasteiger charge is 2.14. The Bertz CT molecular complexity index is 1060. The molecule has 0 aliphatic heterocycles. The van der Waals surface area contributed by atoms with E-state index in [1.165, 1.54) is 11.8 Å². The lowest BCUT2D eigenvalue weighted by molar-refractivity contribution is -0.113. The number of benzene rings is 2. The van der Waals surface area contributed by atoms with E-state index in [4.69, 9.17) is 27.9 Å². The summed E-state index contributed by atoms with van der Waals surface area (Å²) in [4.78, 5) is 12.3. The van der Waals surface area contributed by atoms with E-state index in [0.29, 0.717) is 33.3 Å². The number of nitrogens with one attached hydrogen (secondary N) is 1. The monoisotopic (exact) mass is 462 g/mol. The van der Waals surface area contributed by atoms with Gasteiger partial charge in [0.05, 0.1) is 15.8 Å². The Labute approximate surface area is 189 Å². The minimum Gasteiger partial charge on any atom is -0.486 e. The summed E-state index contributed by atoms with van der Waals surface area (Å²) in [5.41, 5.74) is 1.69. The molecule has 6 nitrogen and oxygen atoms in total. The van der Waals surface area contributed by atoms with Crippen LogP contribution in [-0.2, 0) is 17.9 Å². The van der Waals surface area contributed by atoms with Crippen LogP contribution >= 0.6 is 35.0 Å². The van der Waals surface area contributed by atoms with Crippen LogP contribution in [0, 0.1) is 6.92 Å². The van der Waals surface area contributed by atoms with Crippen LogP contribution in [0.15, 0.2) is 60.3 Å². The Hall–Kier alpha value is -2.48. The van der Waals surface area contributed by atoms with Gasteiger partial charge in [-0.05, 0) is 42.8 Å². The van der Waals surface area contributed by atoms with E-state index in [1.54, 1.807) is 24.3 Å². The van der Waals surface area contributed by atoms with Gasteiger partial charge in [-0.25, -0.2) is 0 Å². The van der Waals surface area contributed by atoms with Crippen LogP contribution in [0.3, 0.4) is 0 Å². The van der Waals surface area contributed by atoms with Gasteiger partial charge in [-0.1, -0.05) is 53.2 Å². The number of aromatic nitrogens is 3. The minimum absolute atomic E-state index is 0.161. The standard InChI is InChI=1S/C21H20Cl2N4O2S/c1-3-9-27-19(12-29-16-6-4-5-14(2)10-16)25-26-21(27)30-13-20(28)24-15-7-8-17(22)18(23)11-15/h3-8,10-11H,1,9,12-13H2,2H3,(H,24,28). The van der Waals surface area contributed by atoms with Crippen molar-refractivity contribution in [2.24, 2.45) is 0 Å². The van der Waals surface area contributed by atoms with Gasteiger partial charge in [-0.3, -0.25) is 9.36 Å². The van der Waals surface area contributed by atoms with E-state index in [-0.39, 0.29) is 18.3 Å². The average Bonchev–Trinajstić information content (AvgIpc) is 3.10. The van der Waals surface area contributed by atoms with E-state index in [2.05, 4.69) is 22.1 Å². The first-order chi connectivity index (χ1) is 14.5. The molecule has 0 spiro atoms. The van der Waals surface area contributed by atoms with E-state index < -0.39 is 0 Å². The Kier molecular flexibility index (Phi) is 7.79. The number of carbonyl (C=O) groups excluding carboxylic acids is 1. The van der Waals surface area contributed by atoms with Gasteiger partial charge in [-0.2, -0.15) is 0 Å². The molecule has 0 unspecified atom stereocenters. The van der Waals surface area contributed by atoms with E-state index >= 15 is 0 Å². The summed E-state index contributed by atoms with van der Waals surface area (Å²) < 4.78 is 7.70. The molecule has 0 radical (unpaired) electrons. The molecule has 3 aromatic rings. The lowest BCUT2D eigenvalue weighted by atomic mass is 10.2. The highest BCUT2D eigenvalue weighted by molar-refractivity contribution is 7.99. The van der Waals surface area contributed by atoms with Gasteiger partial charge < -0.3 is 10.1 Å². The highest BCUT2D eigenvalue weighted by atomic mass is 35.5. The molecule has 0 saturated carbocycles. The van der Waals surface area contributed by atoms with Crippen LogP contribution in [0.2, 0.25) is 10.0 Å². The first-order valence-corrected chi connectivity index (χ1v) is 10.8. The fourth-order valence-electron chi connectivity index (χ4n) is 2.60. The minimum atomic E-state index is -0.191. The summed E-state index contributed by atoms with van der Waals surface area (Å²) >= 11 is 13.2. The predicted octanol–water partition coefficient (Wildman–Crippen LogP) is 5.39. The second kappa shape index (κ2) is 10.5. The Morgan fingerprint density at radius 2 is 2.07 bits per heavy atom. The number of thioether (sulfide) groups is 1. The van der Waals surface area contributed by atoms with Crippen molar-refractivity contribution in [2.75, 3.05) is 11.1 Å². The molecular weight excluding hydrogens is 443 g/mol. The number of halogens is 2. The number of anilines is 1. The molecule has 156 valence electrons. The predicted molar refractivity (Wildman–Crippen MR) is 122 cm³/mol. The molecule has 1 heterocycles. The summed E-state index contributed by atoms with van der Waals surface area (Å²) in [7, 11) is 0. The van der Waals surface area contributed by atoms with Gasteiger partial charge in [0.25, 0.3) is 0 Å². The number of aryl methyl sites for hydroxylation is 1. The summed E-state index contributed by atoms with van der Waals surface area (Å²) in [6.45, 7) is 6.56. The number of ether oxygens (including phenoxy) is 1. The molecule has 1 amide bonds. The molecule has 0 aliphatic rings. The van der Waals surface area contributed by atoms with Crippen LogP contribution < -0.4 is 10.1 Å². The average molecular weight is 463 g/mol. The Morgan fingerprint density at radius 3 is 2.80 bits per heavy atom. The molecule has 0 fully saturated rings. The van der Waals surface area contributed by atoms with Crippen molar-refractivity contribution in [3.63, 3.8) is 0 Å². The number of carbonyl (C=O) groups is 1. The topological polar surface area (TPSA) is 69.0 Å². The molecule has 2 aromatic carbocycles. The fraction of sp³-hybridized carbons (Fsp3) is 0.190. The largest absolute Gasteiger partial charge is 0.486 e. The molecule has 9 heteroatoms. The summed E-state index contributed by atoms with van der Waals surface area (Å²) in [5, 5.41) is 12.6. The van der Waals surface area contributed by atoms with Gasteiger partial charge in [0.1, 0.15) is 12.4 Å². The molecule has 0 atom stereocenters. The van der Waals surface area contributed by atoms with Gasteiger partial charge in [-0.15, -0.1) is 16.8 Å². The number of rotatable bonds is 9. The van der Waals surface area contributed by atoms with Crippen LogP contribution in [0.1, 0.15) is 11.4 Å². The Balaban J connectivity index is 1.61. The van der Waals surface area contributed by atoms with Crippen LogP contribution in [0.4, 0.5) is 5.69 Å². The zero-order chi connectivity index (χ0) is 21.5. The number of allylic oxidation sites excluding steroid dienone is 1. The molecule has 1 N–H and O–H groups in total. The normalized spacial score (nSPS) is 10.6. The molecule has 30 heavy (non-hydrogen) atoms. The van der Waals surface area contributed by atoms with Gasteiger partial charge in [0, 0.05) is 12.2 Å². The van der Waals surface area contributed by atoms with Gasteiger partial charge >= 0.3 is 0 Å². The molecule has 3 rings (SSSR count). The lowest BCUT2D eigenvalue weighted by Gasteiger charge is -2.10. The van der Waals surface area contributed by atoms with Gasteiger partial charge in [0.2, 0.25) is 5.91 Å². The van der Waals surface area contributed by atoms with Crippen molar-refractivity contribution in [3.8, 4) is 5.75 Å². The van der Waals surface area contributed by atoms with Crippen LogP contribution in [0.25, 0.3) is 0 Å². The fourth-order valence-corrected chi connectivity index (χ4v) is 3.66. The SMILES string of the molecule is C=CCn1c(COc2cccc(C)c2)nnc1SCC(=O)Nc1ccc(Cl)c(Cl)c1. The smallest absolute Gasteiger partial charge is 0.234 e. The molecule has 0 bridgehead atoms. The van der Waals surface area contributed by atoms with Crippen molar-refractivity contribution in [1.29, 1.82) is 0 Å². The number of amides is 1. The van der Waals surface area contributed by atoms with Crippen molar-refractivity contribution >= 4 is 46.6 Å². The molecule has 1 aromatic heterocycles. The third kappa shape index (κ3) is 6.01. The maximum Gasteiger partial charge on any atom is 0.234 e. The second-order valence-electron chi connectivity index (χ2n) is 6.37. The lowest BCUT2D eigenvalue weighted by Crippen LogP contribution is -2.15. The molecule has 0 aliphatic carbocycles. The molecule has 0 saturated heterocycles. The summed E-state index contributed by atoms with van der Waals surface area (Å²) in [6.07, 6.45) is 1.75. The van der Waals surface area contributed by atoms with Crippen LogP contribution in [-0.4, -0.2) is 26.4 Å². The van der Waals surface area contributed by atoms with E-state index in [1.807, 2.05) is 35.8 Å². The number of hydrogen-bond acceptors (Lipinski definition) is 5. The highest BCUT2D eigenvalue weighted by Crippen LogP contribution is 2.25. The van der Waals surface area contributed by atoms with Crippen molar-refractivity contribution in [3.05, 3.63) is 76.6 Å². The van der Waals surface area contributed by atoms with Crippen molar-refractivity contribution < 1.29 is 9.53 Å². The summed E-state index contributed by atoms with van der Waals surface area (Å²) in [6, 6.07) is 12.7. The van der Waals surface area contributed by atoms with Crippen molar-refractivity contribution in [2.45, 2.75) is 25.2 Å². The van der Waals surface area contributed by atoms with Crippen molar-refractivity contribution in [1.82, 2.24) is 14.8 Å². The first-order valence-electron chi connectivity index (χ1n) is 9.06. The quantitative estimate of drug-likeness (QED) is 0.341. The maximum absolute atomic E-state index is 12.3. The van der Waals surface area contributed by atoms with E-state index in [9.17, 15) is 4.79 Å². The third-order valence-corrected chi connectivity index (χ3v) is 5.70. The number of nitrogens with zero attached hydrogens (tertiary/aromatic N) is 3. The maximum atomic E-state index is 12.3. The first kappa shape index (κ1) is 22.2. The second-order valence-corrected chi connectivity index (χ2v) is 8.13. The van der Waals surface area contributed by atoms with Crippen LogP contribution in [0.5, 0.6) is 5.75 Å². The zero-order valence-corrected chi connectivity index (χ0v) is 18.6. The Morgan fingerprint density at radius 1 is 1.23 bits per heavy atom. The number of hydrogen-bond donors (Lipinski definition) is 1. The molecular formula is C21H20Cl2N4O2S. The summed E-state index contributed by atoms with van der Waals surface area (Å²) in [5.74, 6) is 1.39. The van der Waals surface area contributed by atoms with E-state index in [0.717, 1.165) is 11.3 Å². The third-order valence-electron chi connectivity index (χ3n) is 4.00. The van der Waals surface area contributed by atoms with Gasteiger partial charge in [0.15, 0.2) is 11.0 Å². The zero-order valence-electron chi connectivity index (χ0n) is 16.3.